The molecule has 0 fully saturated rings. The third-order valence-corrected chi connectivity index (χ3v) is 2.60. The van der Waals surface area contributed by atoms with Crippen LogP contribution in [0.3, 0.4) is 0 Å². The molecule has 1 aromatic heterocycles. The molecule has 1 aromatic rings. The molecular weight excluding hydrogens is 236 g/mol. The SMILES string of the molecule is CCOCCCNC(=S)NCc1ccnn1C. The molecule has 1 rings (SSSR count). The first-order valence-corrected chi connectivity index (χ1v) is 6.21. The van der Waals surface area contributed by atoms with E-state index in [9.17, 15) is 0 Å². The maximum atomic E-state index is 5.23. The molecule has 0 bridgehead atoms. The molecule has 0 aliphatic rings. The second kappa shape index (κ2) is 8.03. The summed E-state index contributed by atoms with van der Waals surface area (Å²) in [5, 5.41) is 11.0. The van der Waals surface area contributed by atoms with Crippen LogP contribution < -0.4 is 10.6 Å². The normalized spacial score (nSPS) is 10.2. The summed E-state index contributed by atoms with van der Waals surface area (Å²) in [6.07, 6.45) is 2.73. The fraction of sp³-hybridized carbons (Fsp3) is 0.636. The van der Waals surface area contributed by atoms with E-state index in [-0.39, 0.29) is 0 Å². The Labute approximate surface area is 108 Å². The van der Waals surface area contributed by atoms with Gasteiger partial charge in [-0.1, -0.05) is 0 Å². The molecule has 0 spiro atoms. The molecule has 6 heteroatoms. The number of hydrogen-bond donors (Lipinski definition) is 2. The fourth-order valence-electron chi connectivity index (χ4n) is 1.33. The highest BCUT2D eigenvalue weighted by atomic mass is 32.1. The van der Waals surface area contributed by atoms with Crippen LogP contribution in [0.25, 0.3) is 0 Å². The molecule has 17 heavy (non-hydrogen) atoms. The van der Waals surface area contributed by atoms with E-state index < -0.39 is 0 Å². The van der Waals surface area contributed by atoms with E-state index in [4.69, 9.17) is 17.0 Å². The first kappa shape index (κ1) is 13.9. The minimum atomic E-state index is 0.669. The Balaban J connectivity index is 2.07. The lowest BCUT2D eigenvalue weighted by Gasteiger charge is -2.10. The molecule has 0 aliphatic carbocycles. The van der Waals surface area contributed by atoms with Crippen molar-refractivity contribution in [3.63, 3.8) is 0 Å². The number of nitrogens with zero attached hydrogens (tertiary/aromatic N) is 2. The summed E-state index contributed by atoms with van der Waals surface area (Å²) in [6.45, 7) is 5.05. The molecule has 5 nitrogen and oxygen atoms in total. The van der Waals surface area contributed by atoms with Crippen molar-refractivity contribution in [2.45, 2.75) is 19.9 Å². The number of nitrogens with one attached hydrogen (secondary N) is 2. The molecule has 0 saturated heterocycles. The lowest BCUT2D eigenvalue weighted by molar-refractivity contribution is 0.145. The highest BCUT2D eigenvalue weighted by Gasteiger charge is 1.99. The van der Waals surface area contributed by atoms with Crippen molar-refractivity contribution in [2.24, 2.45) is 7.05 Å². The summed E-state index contributed by atoms with van der Waals surface area (Å²) in [6, 6.07) is 1.96. The Morgan fingerprint density at radius 3 is 3.00 bits per heavy atom. The average molecular weight is 256 g/mol. The van der Waals surface area contributed by atoms with Crippen molar-refractivity contribution >= 4 is 17.3 Å². The number of thiocarbonyl (C=S) groups is 1. The number of ether oxygens (including phenoxy) is 1. The van der Waals surface area contributed by atoms with Gasteiger partial charge in [-0.05, 0) is 31.6 Å². The molecule has 0 saturated carbocycles. The third-order valence-electron chi connectivity index (χ3n) is 2.31. The Morgan fingerprint density at radius 2 is 2.35 bits per heavy atom. The van der Waals surface area contributed by atoms with Gasteiger partial charge in [0.25, 0.3) is 0 Å². The van der Waals surface area contributed by atoms with Crippen LogP contribution in [0.1, 0.15) is 19.0 Å². The van der Waals surface area contributed by atoms with Crippen LogP contribution in [0.2, 0.25) is 0 Å². The third kappa shape index (κ3) is 5.65. The van der Waals surface area contributed by atoms with E-state index in [1.807, 2.05) is 24.7 Å². The second-order valence-electron chi connectivity index (χ2n) is 3.61. The Kier molecular flexibility index (Phi) is 6.57. The van der Waals surface area contributed by atoms with Crippen molar-refractivity contribution in [3.05, 3.63) is 18.0 Å². The smallest absolute Gasteiger partial charge is 0.166 e. The predicted molar refractivity (Wildman–Crippen MR) is 71.8 cm³/mol. The summed E-state index contributed by atoms with van der Waals surface area (Å²) < 4.78 is 7.06. The van der Waals surface area contributed by atoms with Crippen molar-refractivity contribution < 1.29 is 4.74 Å². The molecule has 0 unspecified atom stereocenters. The minimum Gasteiger partial charge on any atom is -0.382 e. The van der Waals surface area contributed by atoms with E-state index in [1.54, 1.807) is 6.20 Å². The largest absolute Gasteiger partial charge is 0.382 e. The van der Waals surface area contributed by atoms with Crippen LogP contribution in [0.4, 0.5) is 0 Å². The van der Waals surface area contributed by atoms with Gasteiger partial charge in [0.1, 0.15) is 0 Å². The summed E-state index contributed by atoms with van der Waals surface area (Å²) >= 11 is 5.16. The Hall–Kier alpha value is -1.14. The molecule has 0 radical (unpaired) electrons. The van der Waals surface area contributed by atoms with E-state index in [0.717, 1.165) is 31.9 Å². The van der Waals surface area contributed by atoms with Gasteiger partial charge >= 0.3 is 0 Å². The van der Waals surface area contributed by atoms with E-state index >= 15 is 0 Å². The maximum Gasteiger partial charge on any atom is 0.166 e. The molecule has 0 amide bonds. The van der Waals surface area contributed by atoms with E-state index in [1.165, 1.54) is 0 Å². The standard InChI is InChI=1S/C11H20N4OS/c1-3-16-8-4-6-12-11(17)13-9-10-5-7-14-15(10)2/h5,7H,3-4,6,8-9H2,1-2H3,(H2,12,13,17). The van der Waals surface area contributed by atoms with Gasteiger partial charge in [-0.2, -0.15) is 5.10 Å². The van der Waals surface area contributed by atoms with Crippen molar-refractivity contribution in [1.29, 1.82) is 0 Å². The summed E-state index contributed by atoms with van der Waals surface area (Å²) in [7, 11) is 1.91. The molecule has 2 N–H and O–H groups in total. The van der Waals surface area contributed by atoms with E-state index in [0.29, 0.717) is 11.7 Å². The van der Waals surface area contributed by atoms with Gasteiger partial charge in [0.2, 0.25) is 0 Å². The zero-order chi connectivity index (χ0) is 12.5. The monoisotopic (exact) mass is 256 g/mol. The van der Waals surface area contributed by atoms with Crippen LogP contribution in [0.5, 0.6) is 0 Å². The number of hydrogen-bond acceptors (Lipinski definition) is 3. The van der Waals surface area contributed by atoms with Crippen LogP contribution in [0, 0.1) is 0 Å². The van der Waals surface area contributed by atoms with Gasteiger partial charge in [0.15, 0.2) is 5.11 Å². The van der Waals surface area contributed by atoms with Gasteiger partial charge in [-0.3, -0.25) is 4.68 Å². The summed E-state index contributed by atoms with van der Waals surface area (Å²) in [5.41, 5.74) is 1.10. The number of aromatic nitrogens is 2. The van der Waals surface area contributed by atoms with Crippen molar-refractivity contribution in [1.82, 2.24) is 20.4 Å². The Morgan fingerprint density at radius 1 is 1.53 bits per heavy atom. The zero-order valence-electron chi connectivity index (χ0n) is 10.4. The van der Waals surface area contributed by atoms with Crippen molar-refractivity contribution in [3.8, 4) is 0 Å². The number of rotatable bonds is 7. The van der Waals surface area contributed by atoms with Crippen LogP contribution >= 0.6 is 12.2 Å². The highest BCUT2D eigenvalue weighted by Crippen LogP contribution is 1.94. The Bertz CT molecular complexity index is 340. The van der Waals surface area contributed by atoms with Crippen LogP contribution in [-0.4, -0.2) is 34.7 Å². The maximum absolute atomic E-state index is 5.23. The minimum absolute atomic E-state index is 0.669. The molecule has 0 aromatic carbocycles. The van der Waals surface area contributed by atoms with Crippen LogP contribution in [0.15, 0.2) is 12.3 Å². The zero-order valence-corrected chi connectivity index (χ0v) is 11.2. The highest BCUT2D eigenvalue weighted by molar-refractivity contribution is 7.80. The van der Waals surface area contributed by atoms with Crippen LogP contribution in [-0.2, 0) is 18.3 Å². The van der Waals surface area contributed by atoms with E-state index in [2.05, 4.69) is 15.7 Å². The predicted octanol–water partition coefficient (Wildman–Crippen LogP) is 0.811. The lowest BCUT2D eigenvalue weighted by Crippen LogP contribution is -2.36. The fourth-order valence-corrected chi connectivity index (χ4v) is 1.50. The number of aryl methyl sites for hydroxylation is 1. The molecule has 1 heterocycles. The lowest BCUT2D eigenvalue weighted by atomic mass is 10.4. The molecular formula is C11H20N4OS. The first-order valence-electron chi connectivity index (χ1n) is 5.80. The summed E-state index contributed by atoms with van der Waals surface area (Å²) in [5.74, 6) is 0. The van der Waals surface area contributed by atoms with Crippen molar-refractivity contribution in [2.75, 3.05) is 19.8 Å². The molecule has 96 valence electrons. The molecule has 0 atom stereocenters. The first-order chi connectivity index (χ1) is 8.24. The average Bonchev–Trinajstić information content (AvgIpc) is 2.72. The quantitative estimate of drug-likeness (QED) is 0.558. The summed E-state index contributed by atoms with van der Waals surface area (Å²) in [4.78, 5) is 0. The van der Waals surface area contributed by atoms with Gasteiger partial charge in [0, 0.05) is 33.0 Å². The van der Waals surface area contributed by atoms with Gasteiger partial charge in [-0.15, -0.1) is 0 Å². The van der Waals surface area contributed by atoms with Gasteiger partial charge in [-0.25, -0.2) is 0 Å². The van der Waals surface area contributed by atoms with Gasteiger partial charge in [0.05, 0.1) is 12.2 Å². The van der Waals surface area contributed by atoms with Gasteiger partial charge < -0.3 is 15.4 Å². The topological polar surface area (TPSA) is 51.1 Å². The second-order valence-corrected chi connectivity index (χ2v) is 4.01. The molecule has 0 aliphatic heterocycles.